The Morgan fingerprint density at radius 3 is 2.61 bits per heavy atom. The summed E-state index contributed by atoms with van der Waals surface area (Å²) in [6.07, 6.45) is 0.766. The molecule has 0 fully saturated rings. The third-order valence-corrected chi connectivity index (χ3v) is 2.98. The third kappa shape index (κ3) is 3.77. The summed E-state index contributed by atoms with van der Waals surface area (Å²) < 4.78 is 25.7. The van der Waals surface area contributed by atoms with Gasteiger partial charge in [0.15, 0.2) is 11.6 Å². The van der Waals surface area contributed by atoms with Gasteiger partial charge in [0.25, 0.3) is 0 Å². The second kappa shape index (κ2) is 6.44. The average Bonchev–Trinajstić information content (AvgIpc) is 2.33. The minimum Gasteiger partial charge on any atom is -0.343 e. The molecule has 1 unspecified atom stereocenters. The predicted molar refractivity (Wildman–Crippen MR) is 66.0 cm³/mol. The molecule has 0 saturated carbocycles. The van der Waals surface area contributed by atoms with Gasteiger partial charge in [0, 0.05) is 13.1 Å². The molecule has 18 heavy (non-hydrogen) atoms. The summed E-state index contributed by atoms with van der Waals surface area (Å²) in [6, 6.07) is 3.53. The molecule has 0 aliphatic heterocycles. The summed E-state index contributed by atoms with van der Waals surface area (Å²) in [7, 11) is 1.68. The van der Waals surface area contributed by atoms with Crippen LogP contribution in [0.4, 0.5) is 8.78 Å². The van der Waals surface area contributed by atoms with E-state index in [2.05, 4.69) is 0 Å². The molecule has 0 aromatic heterocycles. The van der Waals surface area contributed by atoms with Gasteiger partial charge < -0.3 is 10.6 Å². The van der Waals surface area contributed by atoms with E-state index in [1.165, 1.54) is 6.07 Å². The summed E-state index contributed by atoms with van der Waals surface area (Å²) in [5.74, 6) is -1.98. The van der Waals surface area contributed by atoms with E-state index < -0.39 is 11.6 Å². The zero-order valence-corrected chi connectivity index (χ0v) is 10.6. The smallest absolute Gasteiger partial charge is 0.226 e. The van der Waals surface area contributed by atoms with Gasteiger partial charge >= 0.3 is 0 Å². The van der Waals surface area contributed by atoms with Gasteiger partial charge in [-0.25, -0.2) is 8.78 Å². The summed E-state index contributed by atoms with van der Waals surface area (Å²) in [5.41, 5.74) is 5.89. The molecule has 0 aliphatic rings. The second-order valence-corrected chi connectivity index (χ2v) is 4.36. The number of nitrogens with zero attached hydrogens (tertiary/aromatic N) is 1. The van der Waals surface area contributed by atoms with Crippen molar-refractivity contribution < 1.29 is 13.6 Å². The monoisotopic (exact) mass is 256 g/mol. The topological polar surface area (TPSA) is 46.3 Å². The van der Waals surface area contributed by atoms with Gasteiger partial charge in [-0.3, -0.25) is 4.79 Å². The van der Waals surface area contributed by atoms with Gasteiger partial charge in [-0.05, 0) is 37.6 Å². The first-order valence-corrected chi connectivity index (χ1v) is 5.85. The van der Waals surface area contributed by atoms with Crippen molar-refractivity contribution in [3.8, 4) is 0 Å². The first-order valence-electron chi connectivity index (χ1n) is 5.85. The first kappa shape index (κ1) is 14.6. The fraction of sp³-hybridized carbons (Fsp3) is 0.462. The van der Waals surface area contributed by atoms with Crippen molar-refractivity contribution in [2.75, 3.05) is 13.6 Å². The first-order chi connectivity index (χ1) is 8.45. The molecule has 5 heteroatoms. The van der Waals surface area contributed by atoms with Crippen molar-refractivity contribution in [1.82, 2.24) is 4.90 Å². The molecule has 0 radical (unpaired) electrons. The maximum atomic E-state index is 13.0. The van der Waals surface area contributed by atoms with Crippen LogP contribution in [-0.2, 0) is 11.2 Å². The van der Waals surface area contributed by atoms with Crippen molar-refractivity contribution in [3.05, 3.63) is 35.4 Å². The number of benzene rings is 1. The molecule has 0 aliphatic carbocycles. The molecule has 0 heterocycles. The number of halogens is 2. The molecule has 0 saturated heterocycles. The van der Waals surface area contributed by atoms with E-state index >= 15 is 0 Å². The molecule has 1 amide bonds. The van der Waals surface area contributed by atoms with Crippen LogP contribution in [0.15, 0.2) is 18.2 Å². The van der Waals surface area contributed by atoms with Crippen LogP contribution < -0.4 is 5.73 Å². The van der Waals surface area contributed by atoms with E-state index in [0.29, 0.717) is 18.5 Å². The molecule has 1 atom stereocenters. The molecule has 0 spiro atoms. The Labute approximate surface area is 106 Å². The minimum absolute atomic E-state index is 0.0350. The SMILES string of the molecule is CC(CCN)N(C)C(=O)Cc1ccc(F)c(F)c1. The molecule has 1 rings (SSSR count). The van der Waals surface area contributed by atoms with E-state index in [-0.39, 0.29) is 18.4 Å². The molecule has 1 aromatic carbocycles. The number of carbonyl (C=O) groups is 1. The van der Waals surface area contributed by atoms with Crippen molar-refractivity contribution in [3.63, 3.8) is 0 Å². The zero-order chi connectivity index (χ0) is 13.7. The van der Waals surface area contributed by atoms with Crippen LogP contribution in [0, 0.1) is 11.6 Å². The Morgan fingerprint density at radius 1 is 1.39 bits per heavy atom. The average molecular weight is 256 g/mol. The van der Waals surface area contributed by atoms with Crippen LogP contribution in [0.25, 0.3) is 0 Å². The Hall–Kier alpha value is -1.49. The molecule has 3 nitrogen and oxygen atoms in total. The van der Waals surface area contributed by atoms with Crippen LogP contribution in [-0.4, -0.2) is 30.4 Å². The van der Waals surface area contributed by atoms with Crippen LogP contribution in [0.3, 0.4) is 0 Å². The highest BCUT2D eigenvalue weighted by Crippen LogP contribution is 2.11. The lowest BCUT2D eigenvalue weighted by atomic mass is 10.1. The maximum Gasteiger partial charge on any atom is 0.226 e. The molecule has 0 bridgehead atoms. The van der Waals surface area contributed by atoms with Crippen molar-refractivity contribution in [2.24, 2.45) is 5.73 Å². The number of nitrogens with two attached hydrogens (primary N) is 1. The van der Waals surface area contributed by atoms with Crippen LogP contribution in [0.1, 0.15) is 18.9 Å². The fourth-order valence-electron chi connectivity index (χ4n) is 1.63. The van der Waals surface area contributed by atoms with Gasteiger partial charge in [0.05, 0.1) is 6.42 Å². The molecule has 100 valence electrons. The normalized spacial score (nSPS) is 12.3. The van der Waals surface area contributed by atoms with Gasteiger partial charge in [0.1, 0.15) is 0 Å². The minimum atomic E-state index is -0.932. The lowest BCUT2D eigenvalue weighted by molar-refractivity contribution is -0.131. The number of likely N-dealkylation sites (N-methyl/N-ethyl adjacent to an activating group) is 1. The number of hydrogen-bond acceptors (Lipinski definition) is 2. The quantitative estimate of drug-likeness (QED) is 0.871. The lowest BCUT2D eigenvalue weighted by Crippen LogP contribution is -2.37. The van der Waals surface area contributed by atoms with E-state index in [1.54, 1.807) is 11.9 Å². The lowest BCUT2D eigenvalue weighted by Gasteiger charge is -2.24. The zero-order valence-electron chi connectivity index (χ0n) is 10.6. The van der Waals surface area contributed by atoms with Gasteiger partial charge in [-0.1, -0.05) is 6.07 Å². The fourth-order valence-corrected chi connectivity index (χ4v) is 1.63. The Balaban J connectivity index is 2.66. The van der Waals surface area contributed by atoms with Crippen LogP contribution in [0.2, 0.25) is 0 Å². The number of amides is 1. The van der Waals surface area contributed by atoms with Gasteiger partial charge in [0.2, 0.25) is 5.91 Å². The third-order valence-electron chi connectivity index (χ3n) is 2.98. The van der Waals surface area contributed by atoms with E-state index in [1.807, 2.05) is 6.92 Å². The maximum absolute atomic E-state index is 13.0. The van der Waals surface area contributed by atoms with Crippen LogP contribution in [0.5, 0.6) is 0 Å². The Morgan fingerprint density at radius 2 is 2.06 bits per heavy atom. The summed E-state index contributed by atoms with van der Waals surface area (Å²) in [5, 5.41) is 0. The summed E-state index contributed by atoms with van der Waals surface area (Å²) in [6.45, 7) is 2.40. The number of carbonyl (C=O) groups excluding carboxylic acids is 1. The van der Waals surface area contributed by atoms with E-state index in [4.69, 9.17) is 5.73 Å². The number of rotatable bonds is 5. The highest BCUT2D eigenvalue weighted by atomic mass is 19.2. The summed E-state index contributed by atoms with van der Waals surface area (Å²) in [4.78, 5) is 13.5. The van der Waals surface area contributed by atoms with Crippen molar-refractivity contribution in [2.45, 2.75) is 25.8 Å². The highest BCUT2D eigenvalue weighted by Gasteiger charge is 2.16. The predicted octanol–water partition coefficient (Wildman–Crippen LogP) is 1.70. The van der Waals surface area contributed by atoms with E-state index in [0.717, 1.165) is 12.1 Å². The Kier molecular flexibility index (Phi) is 5.22. The largest absolute Gasteiger partial charge is 0.343 e. The van der Waals surface area contributed by atoms with Crippen LogP contribution >= 0.6 is 0 Å². The van der Waals surface area contributed by atoms with E-state index in [9.17, 15) is 13.6 Å². The standard InChI is InChI=1S/C13H18F2N2O/c1-9(5-6-16)17(2)13(18)8-10-3-4-11(14)12(15)7-10/h3-4,7,9H,5-6,8,16H2,1-2H3. The molecular formula is C13H18F2N2O. The molecule has 1 aromatic rings. The molecule has 2 N–H and O–H groups in total. The Bertz CT molecular complexity index is 423. The molecular weight excluding hydrogens is 238 g/mol. The summed E-state index contributed by atoms with van der Waals surface area (Å²) >= 11 is 0. The second-order valence-electron chi connectivity index (χ2n) is 4.36. The van der Waals surface area contributed by atoms with Crippen molar-refractivity contribution >= 4 is 5.91 Å². The van der Waals surface area contributed by atoms with Gasteiger partial charge in [-0.15, -0.1) is 0 Å². The van der Waals surface area contributed by atoms with Gasteiger partial charge in [-0.2, -0.15) is 0 Å². The van der Waals surface area contributed by atoms with Crippen molar-refractivity contribution in [1.29, 1.82) is 0 Å². The highest BCUT2D eigenvalue weighted by molar-refractivity contribution is 5.78. The number of hydrogen-bond donors (Lipinski definition) is 1.